The second-order valence-electron chi connectivity index (χ2n) is 8.79. The summed E-state index contributed by atoms with van der Waals surface area (Å²) in [5, 5.41) is 0. The number of Topliss-reactive ketones (excluding diaryl/α,β-unsaturated/α-hetero) is 2. The van der Waals surface area contributed by atoms with E-state index in [1.165, 1.54) is 0 Å². The summed E-state index contributed by atoms with van der Waals surface area (Å²) in [6.45, 7) is 7.92. The Morgan fingerprint density at radius 2 is 1.70 bits per heavy atom. The maximum Gasteiger partial charge on any atom is 0.409 e. The average Bonchev–Trinajstić information content (AvgIpc) is 2.96. The lowest BCUT2D eigenvalue weighted by molar-refractivity contribution is -0.125. The molecule has 1 saturated carbocycles. The fourth-order valence-corrected chi connectivity index (χ4v) is 5.06. The number of benzene rings is 1. The van der Waals surface area contributed by atoms with Crippen molar-refractivity contribution >= 4 is 17.7 Å². The van der Waals surface area contributed by atoms with Gasteiger partial charge < -0.3 is 14.4 Å². The van der Waals surface area contributed by atoms with Crippen LogP contribution >= 0.6 is 0 Å². The van der Waals surface area contributed by atoms with Gasteiger partial charge in [-0.05, 0) is 62.6 Å². The van der Waals surface area contributed by atoms with Crippen LogP contribution in [0, 0.1) is 32.6 Å². The maximum absolute atomic E-state index is 13.2. The predicted molar refractivity (Wildman–Crippen MR) is 114 cm³/mol. The second-order valence-corrected chi connectivity index (χ2v) is 8.79. The molecule has 1 saturated heterocycles. The molecule has 3 rings (SSSR count). The van der Waals surface area contributed by atoms with Gasteiger partial charge in [0.25, 0.3) is 0 Å². The van der Waals surface area contributed by atoms with Crippen molar-refractivity contribution in [3.05, 3.63) is 34.4 Å². The summed E-state index contributed by atoms with van der Waals surface area (Å²) in [5.74, 6) is -0.316. The molecular weight excluding hydrogens is 382 g/mol. The van der Waals surface area contributed by atoms with E-state index in [0.717, 1.165) is 41.5 Å². The lowest BCUT2D eigenvalue weighted by Gasteiger charge is -2.32. The molecule has 0 bridgehead atoms. The molecule has 2 aliphatic rings. The zero-order chi connectivity index (χ0) is 21.8. The van der Waals surface area contributed by atoms with E-state index in [4.69, 9.17) is 9.47 Å². The third-order valence-electron chi connectivity index (χ3n) is 6.49. The molecule has 1 heterocycles. The molecule has 0 spiro atoms. The largest absolute Gasteiger partial charge is 0.447 e. The van der Waals surface area contributed by atoms with Crippen molar-refractivity contribution in [2.45, 2.75) is 52.4 Å². The van der Waals surface area contributed by atoms with Crippen molar-refractivity contribution in [3.8, 4) is 0 Å². The van der Waals surface area contributed by atoms with Crippen LogP contribution < -0.4 is 0 Å². The SMILES string of the molecule is COCCOC(=O)N1CCC(CC2CC(=O)C(c3c(C)cc(C)cc3C)C2=O)CC1. The van der Waals surface area contributed by atoms with Crippen molar-refractivity contribution in [1.29, 1.82) is 0 Å². The van der Waals surface area contributed by atoms with Crippen LogP contribution in [0.3, 0.4) is 0 Å². The number of piperidine rings is 1. The lowest BCUT2D eigenvalue weighted by atomic mass is 9.83. The van der Waals surface area contributed by atoms with E-state index in [1.54, 1.807) is 12.0 Å². The first-order valence-electron chi connectivity index (χ1n) is 10.9. The number of ketones is 2. The summed E-state index contributed by atoms with van der Waals surface area (Å²) in [5.41, 5.74) is 4.11. The lowest BCUT2D eigenvalue weighted by Crippen LogP contribution is -2.39. The zero-order valence-corrected chi connectivity index (χ0v) is 18.5. The number of ether oxygens (including phenoxy) is 2. The summed E-state index contributed by atoms with van der Waals surface area (Å²) in [4.78, 5) is 39.7. The van der Waals surface area contributed by atoms with Crippen LogP contribution in [0.25, 0.3) is 0 Å². The molecule has 1 aromatic rings. The molecule has 6 heteroatoms. The van der Waals surface area contributed by atoms with Crippen molar-refractivity contribution in [3.63, 3.8) is 0 Å². The standard InChI is InChI=1S/C24H33NO5/c1-15-11-16(2)21(17(3)12-15)22-20(26)14-19(23(22)27)13-18-5-7-25(8-6-18)24(28)30-10-9-29-4/h11-12,18-19,22H,5-10,13-14H2,1-4H3. The van der Waals surface area contributed by atoms with Gasteiger partial charge in [0.15, 0.2) is 5.78 Å². The second kappa shape index (κ2) is 9.73. The molecule has 1 aliphatic carbocycles. The Hall–Kier alpha value is -2.21. The summed E-state index contributed by atoms with van der Waals surface area (Å²) in [6.07, 6.45) is 2.45. The molecule has 2 fully saturated rings. The minimum Gasteiger partial charge on any atom is -0.447 e. The Kier molecular flexibility index (Phi) is 7.29. The smallest absolute Gasteiger partial charge is 0.409 e. The first kappa shape index (κ1) is 22.5. The summed E-state index contributed by atoms with van der Waals surface area (Å²) in [6, 6.07) is 4.11. The third-order valence-corrected chi connectivity index (χ3v) is 6.49. The molecule has 164 valence electrons. The highest BCUT2D eigenvalue weighted by atomic mass is 16.6. The highest BCUT2D eigenvalue weighted by Crippen LogP contribution is 2.39. The van der Waals surface area contributed by atoms with Gasteiger partial charge in [-0.1, -0.05) is 17.7 Å². The normalized spacial score (nSPS) is 22.6. The average molecular weight is 416 g/mol. The number of carbonyl (C=O) groups is 3. The fraction of sp³-hybridized carbons (Fsp3) is 0.625. The molecule has 0 aromatic heterocycles. The first-order chi connectivity index (χ1) is 14.3. The van der Waals surface area contributed by atoms with Crippen molar-refractivity contribution in [2.75, 3.05) is 33.4 Å². The Morgan fingerprint density at radius 1 is 1.07 bits per heavy atom. The molecule has 0 N–H and O–H groups in total. The van der Waals surface area contributed by atoms with Gasteiger partial charge in [0, 0.05) is 32.5 Å². The topological polar surface area (TPSA) is 72.9 Å². The summed E-state index contributed by atoms with van der Waals surface area (Å²) < 4.78 is 10.1. The predicted octanol–water partition coefficient (Wildman–Crippen LogP) is 3.74. The van der Waals surface area contributed by atoms with Gasteiger partial charge in [0.2, 0.25) is 0 Å². The zero-order valence-electron chi connectivity index (χ0n) is 18.5. The van der Waals surface area contributed by atoms with E-state index in [9.17, 15) is 14.4 Å². The number of nitrogens with zero attached hydrogens (tertiary/aromatic N) is 1. The molecule has 30 heavy (non-hydrogen) atoms. The summed E-state index contributed by atoms with van der Waals surface area (Å²) >= 11 is 0. The van der Waals surface area contributed by atoms with E-state index in [2.05, 4.69) is 12.1 Å². The number of hydrogen-bond acceptors (Lipinski definition) is 5. The minimum absolute atomic E-state index is 0.0548. The van der Waals surface area contributed by atoms with Gasteiger partial charge >= 0.3 is 6.09 Å². The Bertz CT molecular complexity index is 787. The molecule has 1 amide bonds. The summed E-state index contributed by atoms with van der Waals surface area (Å²) in [7, 11) is 1.57. The van der Waals surface area contributed by atoms with Crippen LogP contribution in [-0.4, -0.2) is 56.0 Å². The molecule has 1 aliphatic heterocycles. The van der Waals surface area contributed by atoms with Crippen LogP contribution in [0.1, 0.15) is 53.9 Å². The van der Waals surface area contributed by atoms with Gasteiger partial charge in [-0.25, -0.2) is 4.79 Å². The number of amides is 1. The molecule has 1 aromatic carbocycles. The first-order valence-corrected chi connectivity index (χ1v) is 10.9. The third kappa shape index (κ3) is 4.91. The number of rotatable bonds is 6. The van der Waals surface area contributed by atoms with Crippen molar-refractivity contribution < 1.29 is 23.9 Å². The van der Waals surface area contributed by atoms with Crippen LogP contribution in [0.4, 0.5) is 4.79 Å². The monoisotopic (exact) mass is 415 g/mol. The fourth-order valence-electron chi connectivity index (χ4n) is 5.06. The number of carbonyl (C=O) groups excluding carboxylic acids is 3. The van der Waals surface area contributed by atoms with Crippen molar-refractivity contribution in [2.24, 2.45) is 11.8 Å². The highest BCUT2D eigenvalue weighted by Gasteiger charge is 2.44. The van der Waals surface area contributed by atoms with Gasteiger partial charge in [0.1, 0.15) is 18.3 Å². The number of likely N-dealkylation sites (tertiary alicyclic amines) is 1. The van der Waals surface area contributed by atoms with Crippen LogP contribution in [-0.2, 0) is 19.1 Å². The number of hydrogen-bond donors (Lipinski definition) is 0. The van der Waals surface area contributed by atoms with E-state index in [-0.39, 0.29) is 30.2 Å². The Balaban J connectivity index is 1.57. The van der Waals surface area contributed by atoms with E-state index in [0.29, 0.717) is 32.0 Å². The molecule has 2 unspecified atom stereocenters. The van der Waals surface area contributed by atoms with Gasteiger partial charge in [0.05, 0.1) is 6.61 Å². The number of aryl methyl sites for hydroxylation is 3. The van der Waals surface area contributed by atoms with Gasteiger partial charge in [-0.3, -0.25) is 9.59 Å². The number of methoxy groups -OCH3 is 1. The molecule has 6 nitrogen and oxygen atoms in total. The maximum atomic E-state index is 13.2. The van der Waals surface area contributed by atoms with E-state index in [1.807, 2.05) is 20.8 Å². The molecular formula is C24H33NO5. The Morgan fingerprint density at radius 3 is 2.30 bits per heavy atom. The van der Waals surface area contributed by atoms with E-state index < -0.39 is 5.92 Å². The molecule has 2 atom stereocenters. The quantitative estimate of drug-likeness (QED) is 0.523. The van der Waals surface area contributed by atoms with E-state index >= 15 is 0 Å². The molecule has 0 radical (unpaired) electrons. The van der Waals surface area contributed by atoms with Gasteiger partial charge in [-0.2, -0.15) is 0 Å². The van der Waals surface area contributed by atoms with Crippen LogP contribution in [0.5, 0.6) is 0 Å². The van der Waals surface area contributed by atoms with Crippen LogP contribution in [0.15, 0.2) is 12.1 Å². The Labute approximate surface area is 178 Å². The highest BCUT2D eigenvalue weighted by molar-refractivity contribution is 6.15. The minimum atomic E-state index is -0.605. The van der Waals surface area contributed by atoms with Crippen molar-refractivity contribution in [1.82, 2.24) is 4.90 Å². The van der Waals surface area contributed by atoms with Crippen LogP contribution in [0.2, 0.25) is 0 Å². The van der Waals surface area contributed by atoms with Gasteiger partial charge in [-0.15, -0.1) is 0 Å².